The summed E-state index contributed by atoms with van der Waals surface area (Å²) in [5, 5.41) is 0. The van der Waals surface area contributed by atoms with Crippen molar-refractivity contribution in [3.63, 3.8) is 0 Å². The Labute approximate surface area is 93.4 Å². The second-order valence-electron chi connectivity index (χ2n) is 3.03. The molecule has 0 saturated carbocycles. The van der Waals surface area contributed by atoms with E-state index < -0.39 is 0 Å². The molecule has 1 aromatic rings. The lowest BCUT2D eigenvalue weighted by atomic mass is 10.2. The Hall–Kier alpha value is -0.380. The van der Waals surface area contributed by atoms with Crippen LogP contribution in [0.15, 0.2) is 28.7 Å². The summed E-state index contributed by atoms with van der Waals surface area (Å²) in [5.41, 5.74) is 1.19. The fourth-order valence-electron chi connectivity index (χ4n) is 1.12. The monoisotopic (exact) mass is 258 g/mol. The van der Waals surface area contributed by atoms with E-state index in [2.05, 4.69) is 28.1 Å². The van der Waals surface area contributed by atoms with Crippen LogP contribution < -0.4 is 0 Å². The Bertz CT molecular complexity index is 263. The van der Waals surface area contributed by atoms with Gasteiger partial charge in [-0.25, -0.2) is 0 Å². The highest BCUT2D eigenvalue weighted by Crippen LogP contribution is 2.12. The number of hydrogen-bond acceptors (Lipinski definition) is 2. The first-order valence-corrected chi connectivity index (χ1v) is 5.43. The van der Waals surface area contributed by atoms with E-state index in [1.807, 2.05) is 12.1 Å². The van der Waals surface area contributed by atoms with Gasteiger partial charge in [-0.1, -0.05) is 28.1 Å². The van der Waals surface area contributed by atoms with Crippen molar-refractivity contribution in [1.82, 2.24) is 0 Å². The summed E-state index contributed by atoms with van der Waals surface area (Å²) in [6, 6.07) is 8.14. The van der Waals surface area contributed by atoms with Gasteiger partial charge in [-0.15, -0.1) is 0 Å². The number of halogens is 1. The molecule has 78 valence electrons. The summed E-state index contributed by atoms with van der Waals surface area (Å²) >= 11 is 3.42. The summed E-state index contributed by atoms with van der Waals surface area (Å²) < 4.78 is 11.5. The van der Waals surface area contributed by atoms with Crippen LogP contribution in [0.2, 0.25) is 0 Å². The predicted octanol–water partition coefficient (Wildman–Crippen LogP) is 3.00. The highest BCUT2D eigenvalue weighted by atomic mass is 79.9. The lowest BCUT2D eigenvalue weighted by Crippen LogP contribution is -1.99. The van der Waals surface area contributed by atoms with Crippen LogP contribution in [0.25, 0.3) is 0 Å². The normalized spacial score (nSPS) is 10.4. The number of ether oxygens (including phenoxy) is 2. The van der Waals surface area contributed by atoms with E-state index in [4.69, 9.17) is 9.47 Å². The molecule has 0 aliphatic heterocycles. The molecule has 0 spiro atoms. The third kappa shape index (κ3) is 4.74. The van der Waals surface area contributed by atoms with Gasteiger partial charge in [0.25, 0.3) is 0 Å². The smallest absolute Gasteiger partial charge is 0.0717 e. The molecule has 14 heavy (non-hydrogen) atoms. The second-order valence-corrected chi connectivity index (χ2v) is 3.94. The van der Waals surface area contributed by atoms with Gasteiger partial charge in [0.15, 0.2) is 0 Å². The van der Waals surface area contributed by atoms with Gasteiger partial charge in [-0.3, -0.25) is 0 Å². The molecule has 0 unspecified atom stereocenters. The lowest BCUT2D eigenvalue weighted by Gasteiger charge is -2.04. The highest BCUT2D eigenvalue weighted by Gasteiger charge is 1.94. The largest absolute Gasteiger partial charge is 0.385 e. The topological polar surface area (TPSA) is 18.5 Å². The molecule has 0 aliphatic rings. The van der Waals surface area contributed by atoms with Crippen molar-refractivity contribution < 1.29 is 9.47 Å². The Morgan fingerprint density at radius 3 is 2.86 bits per heavy atom. The van der Waals surface area contributed by atoms with Gasteiger partial charge < -0.3 is 9.47 Å². The van der Waals surface area contributed by atoms with Crippen LogP contribution in [0.5, 0.6) is 0 Å². The standard InChI is InChI=1S/C11H15BrO2/c1-13-6-3-7-14-9-10-4-2-5-11(12)8-10/h2,4-5,8H,3,6-7,9H2,1H3. The molecule has 0 bridgehead atoms. The number of rotatable bonds is 6. The molecule has 0 amide bonds. The second kappa shape index (κ2) is 6.98. The minimum atomic E-state index is 0.670. The highest BCUT2D eigenvalue weighted by molar-refractivity contribution is 9.10. The maximum absolute atomic E-state index is 5.48. The molecule has 0 radical (unpaired) electrons. The zero-order valence-corrected chi connectivity index (χ0v) is 9.92. The fourth-order valence-corrected chi connectivity index (χ4v) is 1.57. The van der Waals surface area contributed by atoms with Crippen molar-refractivity contribution in [2.45, 2.75) is 13.0 Å². The first-order valence-electron chi connectivity index (χ1n) is 4.64. The van der Waals surface area contributed by atoms with E-state index in [9.17, 15) is 0 Å². The molecule has 0 aromatic heterocycles. The minimum Gasteiger partial charge on any atom is -0.385 e. The Balaban J connectivity index is 2.18. The van der Waals surface area contributed by atoms with Gasteiger partial charge in [-0.05, 0) is 24.1 Å². The SMILES string of the molecule is COCCCOCc1cccc(Br)c1. The molecular weight excluding hydrogens is 244 g/mol. The quantitative estimate of drug-likeness (QED) is 0.731. The van der Waals surface area contributed by atoms with Gasteiger partial charge >= 0.3 is 0 Å². The van der Waals surface area contributed by atoms with Crippen LogP contribution in [-0.4, -0.2) is 20.3 Å². The molecule has 2 nitrogen and oxygen atoms in total. The van der Waals surface area contributed by atoms with E-state index in [-0.39, 0.29) is 0 Å². The molecule has 0 N–H and O–H groups in total. The first kappa shape index (κ1) is 11.7. The zero-order chi connectivity index (χ0) is 10.2. The van der Waals surface area contributed by atoms with E-state index in [1.54, 1.807) is 7.11 Å². The first-order chi connectivity index (χ1) is 6.83. The van der Waals surface area contributed by atoms with Crippen molar-refractivity contribution in [1.29, 1.82) is 0 Å². The zero-order valence-electron chi connectivity index (χ0n) is 8.33. The van der Waals surface area contributed by atoms with Crippen molar-refractivity contribution >= 4 is 15.9 Å². The molecule has 0 aliphatic carbocycles. The van der Waals surface area contributed by atoms with Crippen molar-refractivity contribution in [2.24, 2.45) is 0 Å². The lowest BCUT2D eigenvalue weighted by molar-refractivity contribution is 0.0928. The Kier molecular flexibility index (Phi) is 5.83. The van der Waals surface area contributed by atoms with Crippen molar-refractivity contribution in [3.8, 4) is 0 Å². The van der Waals surface area contributed by atoms with Crippen LogP contribution in [0, 0.1) is 0 Å². The van der Waals surface area contributed by atoms with E-state index in [0.29, 0.717) is 6.61 Å². The summed E-state index contributed by atoms with van der Waals surface area (Å²) in [4.78, 5) is 0. The summed E-state index contributed by atoms with van der Waals surface area (Å²) in [7, 11) is 1.70. The minimum absolute atomic E-state index is 0.670. The van der Waals surface area contributed by atoms with Gasteiger partial charge in [0.05, 0.1) is 6.61 Å². The van der Waals surface area contributed by atoms with Crippen LogP contribution in [0.1, 0.15) is 12.0 Å². The summed E-state index contributed by atoms with van der Waals surface area (Å²) in [5.74, 6) is 0. The van der Waals surface area contributed by atoms with Crippen LogP contribution in [0.4, 0.5) is 0 Å². The van der Waals surface area contributed by atoms with Gasteiger partial charge in [0.1, 0.15) is 0 Å². The number of hydrogen-bond donors (Lipinski definition) is 0. The molecule has 0 heterocycles. The fraction of sp³-hybridized carbons (Fsp3) is 0.455. The van der Waals surface area contributed by atoms with Crippen LogP contribution >= 0.6 is 15.9 Å². The van der Waals surface area contributed by atoms with Gasteiger partial charge in [-0.2, -0.15) is 0 Å². The average molecular weight is 259 g/mol. The molecule has 0 fully saturated rings. The summed E-state index contributed by atoms with van der Waals surface area (Å²) in [6.45, 7) is 2.18. The van der Waals surface area contributed by atoms with Crippen LogP contribution in [0.3, 0.4) is 0 Å². The number of methoxy groups -OCH3 is 1. The average Bonchev–Trinajstić information content (AvgIpc) is 2.18. The molecule has 1 aromatic carbocycles. The third-order valence-electron chi connectivity index (χ3n) is 1.79. The predicted molar refractivity (Wildman–Crippen MR) is 60.3 cm³/mol. The van der Waals surface area contributed by atoms with Crippen molar-refractivity contribution in [2.75, 3.05) is 20.3 Å². The molecular formula is C11H15BrO2. The van der Waals surface area contributed by atoms with Crippen LogP contribution in [-0.2, 0) is 16.1 Å². The van der Waals surface area contributed by atoms with Gasteiger partial charge in [0, 0.05) is 24.8 Å². The van der Waals surface area contributed by atoms with E-state index in [0.717, 1.165) is 24.1 Å². The molecule has 0 saturated heterocycles. The van der Waals surface area contributed by atoms with Gasteiger partial charge in [0.2, 0.25) is 0 Å². The maximum Gasteiger partial charge on any atom is 0.0717 e. The Morgan fingerprint density at radius 1 is 1.29 bits per heavy atom. The van der Waals surface area contributed by atoms with Crippen molar-refractivity contribution in [3.05, 3.63) is 34.3 Å². The molecule has 1 rings (SSSR count). The summed E-state index contributed by atoms with van der Waals surface area (Å²) in [6.07, 6.45) is 0.949. The molecule has 3 heteroatoms. The van der Waals surface area contributed by atoms with E-state index >= 15 is 0 Å². The Morgan fingerprint density at radius 2 is 2.14 bits per heavy atom. The maximum atomic E-state index is 5.48. The van der Waals surface area contributed by atoms with E-state index in [1.165, 1.54) is 5.56 Å². The number of benzene rings is 1. The molecule has 0 atom stereocenters. The third-order valence-corrected chi connectivity index (χ3v) is 2.29.